The van der Waals surface area contributed by atoms with Crippen molar-refractivity contribution in [1.82, 2.24) is 9.88 Å². The Bertz CT molecular complexity index is 962. The molecule has 0 fully saturated rings. The summed E-state index contributed by atoms with van der Waals surface area (Å²) in [6.07, 6.45) is 2.07. The molecule has 0 aliphatic carbocycles. The maximum absolute atomic E-state index is 13.4. The van der Waals surface area contributed by atoms with E-state index < -0.39 is 0 Å². The molecule has 0 aliphatic heterocycles. The lowest BCUT2D eigenvalue weighted by atomic mass is 10.2. The Kier molecular flexibility index (Phi) is 9.43. The van der Waals surface area contributed by atoms with Gasteiger partial charge in [-0.3, -0.25) is 9.69 Å². The smallest absolute Gasteiger partial charge is 0.261 e. The number of carbonyl (C=O) groups excluding carboxylic acids is 1. The summed E-state index contributed by atoms with van der Waals surface area (Å²) < 4.78 is 1.91. The van der Waals surface area contributed by atoms with Gasteiger partial charge in [0.1, 0.15) is 0 Å². The van der Waals surface area contributed by atoms with Crippen LogP contribution in [0.25, 0.3) is 10.2 Å². The van der Waals surface area contributed by atoms with Crippen molar-refractivity contribution in [3.05, 3.63) is 52.5 Å². The lowest BCUT2D eigenvalue weighted by Crippen LogP contribution is -2.39. The highest BCUT2D eigenvalue weighted by Gasteiger charge is 2.23. The van der Waals surface area contributed by atoms with Gasteiger partial charge in [-0.1, -0.05) is 37.3 Å². The van der Waals surface area contributed by atoms with Crippen LogP contribution in [-0.2, 0) is 0 Å². The van der Waals surface area contributed by atoms with Gasteiger partial charge in [-0.05, 0) is 65.6 Å². The fraction of sp³-hybridized carbons (Fsp3) is 0.333. The number of likely N-dealkylation sites (N-methyl/N-ethyl adjacent to an activating group) is 1. The van der Waals surface area contributed by atoms with Crippen LogP contribution in [0.15, 0.2) is 51.8 Å². The number of amides is 1. The van der Waals surface area contributed by atoms with E-state index in [1.807, 2.05) is 35.2 Å². The minimum atomic E-state index is -0.0243. The number of benzene rings is 2. The molecule has 0 saturated heterocycles. The van der Waals surface area contributed by atoms with E-state index in [1.54, 1.807) is 23.1 Å². The van der Waals surface area contributed by atoms with Crippen LogP contribution in [0.5, 0.6) is 0 Å². The number of halogens is 2. The number of rotatable bonds is 8. The van der Waals surface area contributed by atoms with E-state index in [4.69, 9.17) is 4.98 Å². The molecule has 1 aromatic heterocycles. The number of thiazole rings is 1. The van der Waals surface area contributed by atoms with Crippen LogP contribution >= 0.6 is 51.4 Å². The van der Waals surface area contributed by atoms with Gasteiger partial charge in [-0.15, -0.1) is 24.2 Å². The van der Waals surface area contributed by atoms with Crippen molar-refractivity contribution in [3.8, 4) is 0 Å². The van der Waals surface area contributed by atoms with Gasteiger partial charge >= 0.3 is 0 Å². The Balaban J connectivity index is 0.00000300. The third-order valence-electron chi connectivity index (χ3n) is 4.70. The lowest BCUT2D eigenvalue weighted by Gasteiger charge is -2.25. The van der Waals surface area contributed by atoms with Crippen molar-refractivity contribution in [2.75, 3.05) is 37.3 Å². The van der Waals surface area contributed by atoms with Crippen LogP contribution in [0.1, 0.15) is 24.2 Å². The first-order valence-electron chi connectivity index (χ1n) is 9.30. The van der Waals surface area contributed by atoms with Gasteiger partial charge in [0.15, 0.2) is 5.13 Å². The third kappa shape index (κ3) is 5.73. The minimum absolute atomic E-state index is 0. The highest BCUT2D eigenvalue weighted by atomic mass is 79.9. The highest BCUT2D eigenvalue weighted by molar-refractivity contribution is 9.10. The van der Waals surface area contributed by atoms with Crippen LogP contribution in [0.3, 0.4) is 0 Å². The van der Waals surface area contributed by atoms with Gasteiger partial charge in [0.25, 0.3) is 5.91 Å². The number of hydrogen-bond acceptors (Lipinski definition) is 5. The summed E-state index contributed by atoms with van der Waals surface area (Å²) in [5.74, 6) is -0.0243. The molecule has 8 heteroatoms. The quantitative estimate of drug-likeness (QED) is 0.336. The molecule has 0 unspecified atom stereocenters. The predicted octanol–water partition coefficient (Wildman–Crippen LogP) is 6.19. The number of anilines is 1. The fourth-order valence-electron chi connectivity index (χ4n) is 2.98. The molecule has 0 radical (unpaired) electrons. The van der Waals surface area contributed by atoms with Crippen LogP contribution in [-0.4, -0.2) is 48.2 Å². The maximum Gasteiger partial charge on any atom is 0.261 e. The molecular formula is C21H25BrClN3OS2. The molecule has 3 rings (SSSR count). The fourth-order valence-corrected chi connectivity index (χ4v) is 4.98. The monoisotopic (exact) mass is 513 g/mol. The van der Waals surface area contributed by atoms with Gasteiger partial charge in [-0.25, -0.2) is 4.98 Å². The van der Waals surface area contributed by atoms with Crippen molar-refractivity contribution in [2.24, 2.45) is 0 Å². The summed E-state index contributed by atoms with van der Waals surface area (Å²) in [4.78, 5) is 23.5. The number of aromatic nitrogens is 1. The average molecular weight is 515 g/mol. The van der Waals surface area contributed by atoms with E-state index in [0.29, 0.717) is 12.1 Å². The highest BCUT2D eigenvalue weighted by Crippen LogP contribution is 2.33. The Labute approximate surface area is 195 Å². The summed E-state index contributed by atoms with van der Waals surface area (Å²) in [5, 5.41) is 0.751. The molecule has 0 aliphatic rings. The number of carbonyl (C=O) groups is 1. The summed E-state index contributed by atoms with van der Waals surface area (Å²) in [6, 6.07) is 13.8. The van der Waals surface area contributed by atoms with Crippen LogP contribution < -0.4 is 4.90 Å². The summed E-state index contributed by atoms with van der Waals surface area (Å²) >= 11 is 6.81. The summed E-state index contributed by atoms with van der Waals surface area (Å²) in [7, 11) is 0. The topological polar surface area (TPSA) is 36.4 Å². The van der Waals surface area contributed by atoms with E-state index >= 15 is 0 Å². The van der Waals surface area contributed by atoms with Crippen molar-refractivity contribution in [2.45, 2.75) is 18.7 Å². The van der Waals surface area contributed by atoms with Crippen LogP contribution in [0.4, 0.5) is 5.13 Å². The molecule has 156 valence electrons. The standard InChI is InChI=1S/C21H24BrN3OS2.ClH/c1-4-24(5-2)12-13-25(20(26)16-8-6-7-9-17(16)22)21-23-18-11-10-15(27-3)14-19(18)28-21;/h6-11,14H,4-5,12-13H2,1-3H3;1H. The maximum atomic E-state index is 13.4. The van der Waals surface area contributed by atoms with Crippen molar-refractivity contribution in [3.63, 3.8) is 0 Å². The normalized spacial score (nSPS) is 10.9. The molecule has 29 heavy (non-hydrogen) atoms. The molecule has 1 heterocycles. The molecule has 0 N–H and O–H groups in total. The summed E-state index contributed by atoms with van der Waals surface area (Å²) in [5.41, 5.74) is 1.59. The molecule has 0 atom stereocenters. The van der Waals surface area contributed by atoms with Gasteiger partial charge in [0, 0.05) is 22.5 Å². The molecule has 4 nitrogen and oxygen atoms in total. The van der Waals surface area contributed by atoms with Crippen molar-refractivity contribution < 1.29 is 4.79 Å². The van der Waals surface area contributed by atoms with E-state index in [1.165, 1.54) is 4.90 Å². The first kappa shape index (κ1) is 24.2. The number of fused-ring (bicyclic) bond motifs is 1. The molecule has 2 aromatic carbocycles. The zero-order valence-corrected chi connectivity index (χ0v) is 20.8. The average Bonchev–Trinajstić information content (AvgIpc) is 3.14. The van der Waals surface area contributed by atoms with Crippen LogP contribution in [0.2, 0.25) is 0 Å². The molecule has 3 aromatic rings. The Morgan fingerprint density at radius 1 is 1.14 bits per heavy atom. The third-order valence-corrected chi connectivity index (χ3v) is 7.16. The second kappa shape index (κ2) is 11.3. The van der Waals surface area contributed by atoms with E-state index in [0.717, 1.165) is 39.5 Å². The Morgan fingerprint density at radius 3 is 2.52 bits per heavy atom. The van der Waals surface area contributed by atoms with Gasteiger partial charge in [-0.2, -0.15) is 0 Å². The van der Waals surface area contributed by atoms with Gasteiger partial charge in [0.05, 0.1) is 15.8 Å². The predicted molar refractivity (Wildman–Crippen MR) is 132 cm³/mol. The van der Waals surface area contributed by atoms with Crippen LogP contribution in [0, 0.1) is 0 Å². The van der Waals surface area contributed by atoms with Gasteiger partial charge < -0.3 is 4.90 Å². The van der Waals surface area contributed by atoms with E-state index in [2.05, 4.69) is 53.1 Å². The number of thioether (sulfide) groups is 1. The second-order valence-corrected chi connectivity index (χ2v) is 9.04. The molecule has 0 spiro atoms. The van der Waals surface area contributed by atoms with Crippen molar-refractivity contribution >= 4 is 72.7 Å². The number of nitrogens with zero attached hydrogens (tertiary/aromatic N) is 3. The first-order valence-corrected chi connectivity index (χ1v) is 12.1. The Morgan fingerprint density at radius 2 is 1.86 bits per heavy atom. The number of hydrogen-bond donors (Lipinski definition) is 0. The van der Waals surface area contributed by atoms with E-state index in [9.17, 15) is 4.79 Å². The zero-order chi connectivity index (χ0) is 20.1. The Hall–Kier alpha value is -1.12. The molecule has 1 amide bonds. The van der Waals surface area contributed by atoms with Crippen molar-refractivity contribution in [1.29, 1.82) is 0 Å². The largest absolute Gasteiger partial charge is 0.302 e. The molecular weight excluding hydrogens is 490 g/mol. The second-order valence-electron chi connectivity index (χ2n) is 6.29. The molecule has 0 bridgehead atoms. The molecule has 0 saturated carbocycles. The first-order chi connectivity index (χ1) is 13.6. The van der Waals surface area contributed by atoms with E-state index in [-0.39, 0.29) is 18.3 Å². The summed E-state index contributed by atoms with van der Waals surface area (Å²) in [6.45, 7) is 7.64. The minimum Gasteiger partial charge on any atom is -0.302 e. The SMILES string of the molecule is CCN(CC)CCN(C(=O)c1ccccc1Br)c1nc2ccc(SC)cc2s1.Cl. The van der Waals surface area contributed by atoms with Gasteiger partial charge in [0.2, 0.25) is 0 Å². The zero-order valence-electron chi connectivity index (χ0n) is 16.7. The lowest BCUT2D eigenvalue weighted by molar-refractivity contribution is 0.0983.